The Kier molecular flexibility index (Phi) is 1.60. The number of hydrogen-bond acceptors (Lipinski definition) is 2. The van der Waals surface area contributed by atoms with Crippen LogP contribution in [0.4, 0.5) is 11.4 Å². The van der Waals surface area contributed by atoms with E-state index in [1.54, 1.807) is 6.07 Å². The molecule has 0 atom stereocenters. The topological polar surface area (TPSA) is 12.5 Å². The van der Waals surface area contributed by atoms with Crippen molar-refractivity contribution in [2.24, 2.45) is 0 Å². The number of benzene rings is 1. The zero-order chi connectivity index (χ0) is 10.3. The molecule has 0 bridgehead atoms. The minimum atomic E-state index is 0.829. The van der Waals surface area contributed by atoms with Gasteiger partial charge >= 0.3 is 0 Å². The zero-order valence-electron chi connectivity index (χ0n) is 8.32. The van der Waals surface area contributed by atoms with Crippen molar-refractivity contribution in [2.75, 3.05) is 11.9 Å². The van der Waals surface area contributed by atoms with Crippen LogP contribution in [-0.2, 0) is 0 Å². The van der Waals surface area contributed by atoms with Crippen molar-refractivity contribution in [1.29, 1.82) is 0 Å². The van der Waals surface area contributed by atoms with E-state index in [0.29, 0.717) is 0 Å². The van der Waals surface area contributed by atoms with Crippen LogP contribution in [0.5, 0.6) is 11.5 Å². The van der Waals surface area contributed by atoms with Gasteiger partial charge in [-0.3, -0.25) is 0 Å². The molecule has 2 aromatic rings. The van der Waals surface area contributed by atoms with Crippen molar-refractivity contribution < 1.29 is 4.74 Å². The van der Waals surface area contributed by atoms with Crippen molar-refractivity contribution in [3.05, 3.63) is 48.5 Å². The normalized spacial score (nSPS) is 12.2. The molecule has 2 nitrogen and oxygen atoms in total. The Morgan fingerprint density at radius 1 is 1.13 bits per heavy atom. The van der Waals surface area contributed by atoms with E-state index >= 15 is 0 Å². The summed E-state index contributed by atoms with van der Waals surface area (Å²) in [7, 11) is 2.00. The van der Waals surface area contributed by atoms with Gasteiger partial charge in [-0.25, -0.2) is 0 Å². The standard InChI is InChI=1S/C13H9NO/c1-14-10-6-2-4-8-12(10)15-13-9-5-3-7-11(13)14/h2,4-6,8-9H,1H3. The third kappa shape index (κ3) is 1.14. The molecule has 15 heavy (non-hydrogen) atoms. The van der Waals surface area contributed by atoms with Gasteiger partial charge in [0.25, 0.3) is 0 Å². The van der Waals surface area contributed by atoms with Crippen LogP contribution >= 0.6 is 0 Å². The molecule has 1 aliphatic rings. The van der Waals surface area contributed by atoms with Crippen LogP contribution in [-0.4, -0.2) is 7.05 Å². The highest BCUT2D eigenvalue weighted by Crippen LogP contribution is 2.43. The Balaban J connectivity index is 2.20. The van der Waals surface area contributed by atoms with Gasteiger partial charge in [0.1, 0.15) is 5.69 Å². The summed E-state index contributed by atoms with van der Waals surface area (Å²) in [6.45, 7) is 0. The molecule has 0 amide bonds. The maximum Gasteiger partial charge on any atom is 0.160 e. The SMILES string of the molecule is CN1c2c#cccc2Oc2ccccc21. The van der Waals surface area contributed by atoms with E-state index in [1.165, 1.54) is 0 Å². The first kappa shape index (κ1) is 8.19. The second-order valence-corrected chi connectivity index (χ2v) is 3.44. The fraction of sp³-hybridized carbons (Fsp3) is 0.0769. The summed E-state index contributed by atoms with van der Waals surface area (Å²) < 4.78 is 5.75. The average molecular weight is 195 g/mol. The van der Waals surface area contributed by atoms with Crippen molar-refractivity contribution in [2.45, 2.75) is 0 Å². The fourth-order valence-electron chi connectivity index (χ4n) is 1.76. The molecular formula is C13H9NO. The van der Waals surface area contributed by atoms with E-state index in [0.717, 1.165) is 22.9 Å². The van der Waals surface area contributed by atoms with Crippen LogP contribution in [0.1, 0.15) is 0 Å². The van der Waals surface area contributed by atoms with Gasteiger partial charge in [-0.05, 0) is 30.3 Å². The molecule has 2 aromatic carbocycles. The molecule has 0 saturated heterocycles. The first-order valence-corrected chi connectivity index (χ1v) is 4.79. The van der Waals surface area contributed by atoms with Crippen LogP contribution in [0.2, 0.25) is 0 Å². The summed E-state index contributed by atoms with van der Waals surface area (Å²) >= 11 is 0. The second kappa shape index (κ2) is 2.93. The minimum Gasteiger partial charge on any atom is -0.452 e. The first-order chi connectivity index (χ1) is 7.36. The van der Waals surface area contributed by atoms with E-state index in [1.807, 2.05) is 37.4 Å². The average Bonchev–Trinajstić information content (AvgIpc) is 2.30. The Morgan fingerprint density at radius 2 is 2.00 bits per heavy atom. The summed E-state index contributed by atoms with van der Waals surface area (Å²) in [5.74, 6) is 1.71. The molecule has 0 unspecified atom stereocenters. The van der Waals surface area contributed by atoms with E-state index in [-0.39, 0.29) is 0 Å². The number of ether oxygens (including phenoxy) is 1. The molecule has 2 heteroatoms. The van der Waals surface area contributed by atoms with Gasteiger partial charge < -0.3 is 9.64 Å². The summed E-state index contributed by atoms with van der Waals surface area (Å²) in [6.07, 6.45) is 0. The van der Waals surface area contributed by atoms with Gasteiger partial charge in [0.05, 0.1) is 5.69 Å². The molecule has 0 fully saturated rings. The Morgan fingerprint density at radius 3 is 2.93 bits per heavy atom. The van der Waals surface area contributed by atoms with Crippen LogP contribution in [0.25, 0.3) is 0 Å². The summed E-state index contributed by atoms with van der Waals surface area (Å²) in [4.78, 5) is 2.06. The second-order valence-electron chi connectivity index (χ2n) is 3.44. The van der Waals surface area contributed by atoms with Gasteiger partial charge in [-0.15, -0.1) is 0 Å². The summed E-state index contributed by atoms with van der Waals surface area (Å²) in [5, 5.41) is 0. The number of hydrogen-bond donors (Lipinski definition) is 0. The van der Waals surface area contributed by atoms with Gasteiger partial charge in [0, 0.05) is 7.05 Å². The molecular weight excluding hydrogens is 186 g/mol. The quantitative estimate of drug-likeness (QED) is 0.640. The van der Waals surface area contributed by atoms with Crippen LogP contribution in [0.3, 0.4) is 0 Å². The lowest BCUT2D eigenvalue weighted by molar-refractivity contribution is 0.475. The molecule has 3 rings (SSSR count). The largest absolute Gasteiger partial charge is 0.452 e. The number of rotatable bonds is 0. The Hall–Kier alpha value is -2.14. The number of fused-ring (bicyclic) bond motifs is 2. The summed E-state index contributed by atoms with van der Waals surface area (Å²) in [5.41, 5.74) is 1.98. The molecule has 0 aliphatic carbocycles. The maximum atomic E-state index is 5.75. The smallest absolute Gasteiger partial charge is 0.160 e. The lowest BCUT2D eigenvalue weighted by atomic mass is 10.2. The third-order valence-electron chi connectivity index (χ3n) is 2.52. The molecule has 0 aromatic heterocycles. The van der Waals surface area contributed by atoms with E-state index in [2.05, 4.69) is 17.0 Å². The highest BCUT2D eigenvalue weighted by Gasteiger charge is 2.20. The van der Waals surface area contributed by atoms with Crippen molar-refractivity contribution >= 4 is 11.4 Å². The van der Waals surface area contributed by atoms with Gasteiger partial charge in [-0.2, -0.15) is 0 Å². The van der Waals surface area contributed by atoms with Crippen LogP contribution in [0, 0.1) is 12.1 Å². The van der Waals surface area contributed by atoms with Crippen LogP contribution < -0.4 is 9.64 Å². The Labute approximate surface area is 88.7 Å². The molecule has 0 spiro atoms. The molecule has 1 aliphatic heterocycles. The van der Waals surface area contributed by atoms with Crippen molar-refractivity contribution in [1.82, 2.24) is 0 Å². The minimum absolute atomic E-state index is 0.829. The monoisotopic (exact) mass is 195 g/mol. The molecule has 72 valence electrons. The number of anilines is 2. The highest BCUT2D eigenvalue weighted by molar-refractivity contribution is 5.75. The van der Waals surface area contributed by atoms with Gasteiger partial charge in [0.15, 0.2) is 11.5 Å². The van der Waals surface area contributed by atoms with Crippen molar-refractivity contribution in [3.63, 3.8) is 0 Å². The third-order valence-corrected chi connectivity index (χ3v) is 2.52. The number of nitrogens with zero attached hydrogens (tertiary/aromatic N) is 1. The van der Waals surface area contributed by atoms with Gasteiger partial charge in [-0.1, -0.05) is 18.2 Å². The predicted molar refractivity (Wildman–Crippen MR) is 58.7 cm³/mol. The first-order valence-electron chi connectivity index (χ1n) is 4.79. The molecule has 0 radical (unpaired) electrons. The van der Waals surface area contributed by atoms with E-state index in [4.69, 9.17) is 4.74 Å². The van der Waals surface area contributed by atoms with E-state index < -0.39 is 0 Å². The van der Waals surface area contributed by atoms with E-state index in [9.17, 15) is 0 Å². The molecule has 0 saturated carbocycles. The predicted octanol–water partition coefficient (Wildman–Crippen LogP) is 3.16. The maximum absolute atomic E-state index is 5.75. The zero-order valence-corrected chi connectivity index (χ0v) is 8.32. The van der Waals surface area contributed by atoms with Crippen molar-refractivity contribution in [3.8, 4) is 11.5 Å². The molecule has 0 N–H and O–H groups in total. The van der Waals surface area contributed by atoms with Crippen LogP contribution in [0.15, 0.2) is 36.4 Å². The van der Waals surface area contributed by atoms with Gasteiger partial charge in [0.2, 0.25) is 0 Å². The Bertz CT molecular complexity index is 462. The lowest BCUT2D eigenvalue weighted by Crippen LogP contribution is -2.14. The lowest BCUT2D eigenvalue weighted by Gasteiger charge is -2.27. The fourth-order valence-corrected chi connectivity index (χ4v) is 1.76. The number of para-hydroxylation sites is 2. The summed E-state index contributed by atoms with van der Waals surface area (Å²) in [6, 6.07) is 17.7. The highest BCUT2D eigenvalue weighted by atomic mass is 16.5. The molecule has 1 heterocycles.